The van der Waals surface area contributed by atoms with Gasteiger partial charge in [-0.25, -0.2) is 4.79 Å². The third-order valence-electron chi connectivity index (χ3n) is 20.8. The number of fused-ring (bicyclic) bond motifs is 8. The van der Waals surface area contributed by atoms with E-state index in [4.69, 9.17) is 45.3 Å². The Kier molecular flexibility index (Phi) is 18.6. The van der Waals surface area contributed by atoms with Crippen LogP contribution in [-0.4, -0.2) is 134 Å². The summed E-state index contributed by atoms with van der Waals surface area (Å²) in [6.45, 7) is 11.6. The first-order valence-corrected chi connectivity index (χ1v) is 35.2. The van der Waals surface area contributed by atoms with Gasteiger partial charge in [-0.2, -0.15) is 0 Å². The largest absolute Gasteiger partial charge is 0.492 e. The highest BCUT2D eigenvalue weighted by molar-refractivity contribution is 8.00. The predicted octanol–water partition coefficient (Wildman–Crippen LogP) is 10.3. The summed E-state index contributed by atoms with van der Waals surface area (Å²) in [4.78, 5) is 73.3. The Morgan fingerprint density at radius 2 is 1.07 bits per heavy atom. The molecule has 0 bridgehead atoms. The zero-order chi connectivity index (χ0) is 65.3. The van der Waals surface area contributed by atoms with Gasteiger partial charge in [-0.05, 0) is 116 Å². The number of Topliss-reactive ketones (excluding diaryl/α,β-unsaturated/α-hetero) is 1. The fourth-order valence-corrected chi connectivity index (χ4v) is 17.7. The van der Waals surface area contributed by atoms with Crippen molar-refractivity contribution in [3.63, 3.8) is 0 Å². The van der Waals surface area contributed by atoms with Gasteiger partial charge >= 0.3 is 5.97 Å². The van der Waals surface area contributed by atoms with E-state index in [9.17, 15) is 24.0 Å². The highest BCUT2D eigenvalue weighted by Crippen LogP contribution is 2.50. The minimum absolute atomic E-state index is 0.0120. The highest BCUT2D eigenvalue weighted by Gasteiger charge is 2.47. The second kappa shape index (κ2) is 27.6. The van der Waals surface area contributed by atoms with E-state index in [2.05, 4.69) is 35.2 Å². The molecule has 8 aliphatic heterocycles. The fourth-order valence-electron chi connectivity index (χ4n) is 15.1. The second-order valence-corrected chi connectivity index (χ2v) is 28.7. The van der Waals surface area contributed by atoms with Crippen LogP contribution < -0.4 is 31.4 Å². The van der Waals surface area contributed by atoms with E-state index >= 15 is 0 Å². The molecule has 494 valence electrons. The van der Waals surface area contributed by atoms with Gasteiger partial charge in [0.2, 0.25) is 5.91 Å². The predicted molar refractivity (Wildman–Crippen MR) is 363 cm³/mol. The third kappa shape index (κ3) is 13.0. The summed E-state index contributed by atoms with van der Waals surface area (Å²) in [5.74, 6) is 4.96. The monoisotopic (exact) mass is 1320 g/mol. The third-order valence-corrected chi connectivity index (χ3v) is 23.4. The average Bonchev–Trinajstić information content (AvgIpc) is 1.66. The van der Waals surface area contributed by atoms with Gasteiger partial charge in [-0.1, -0.05) is 84.9 Å². The quantitative estimate of drug-likeness (QED) is 0.0620. The average molecular weight is 1320 g/mol. The van der Waals surface area contributed by atoms with Crippen LogP contribution in [0.2, 0.25) is 0 Å². The molecule has 6 N–H and O–H groups in total. The number of piperidine rings is 3. The molecule has 3 amide bonds. The van der Waals surface area contributed by atoms with E-state index in [0.29, 0.717) is 108 Å². The molecule has 7 aromatic rings. The Bertz CT molecular complexity index is 4080. The number of morpholine rings is 1. The Hall–Kier alpha value is -8.08. The van der Waals surface area contributed by atoms with Crippen LogP contribution in [0.4, 0.5) is 0 Å². The van der Waals surface area contributed by atoms with Crippen LogP contribution in [0.15, 0.2) is 136 Å². The van der Waals surface area contributed by atoms with Crippen LogP contribution in [0.1, 0.15) is 148 Å². The summed E-state index contributed by atoms with van der Waals surface area (Å²) in [6, 6.07) is 39.8. The smallest absolute Gasteiger partial charge is 0.344 e. The molecule has 0 unspecified atom stereocenters. The number of nitrogens with two attached hydrogens (primary N) is 3. The number of furan rings is 1. The number of esters is 1. The van der Waals surface area contributed by atoms with Gasteiger partial charge in [-0.3, -0.25) is 24.1 Å². The molecule has 3 spiro atoms. The van der Waals surface area contributed by atoms with Crippen LogP contribution in [0.3, 0.4) is 0 Å². The number of hydrogen-bond acceptors (Lipinski definition) is 17. The lowest BCUT2D eigenvalue weighted by Gasteiger charge is -2.38. The van der Waals surface area contributed by atoms with Gasteiger partial charge < -0.3 is 60.0 Å². The number of ketones is 1. The Morgan fingerprint density at radius 1 is 0.558 bits per heavy atom. The maximum absolute atomic E-state index is 13.8. The summed E-state index contributed by atoms with van der Waals surface area (Å²) in [7, 11) is 0. The number of thiophene rings is 1. The summed E-state index contributed by atoms with van der Waals surface area (Å²) in [6.07, 6.45) is 8.85. The molecule has 4 saturated heterocycles. The van der Waals surface area contributed by atoms with Crippen LogP contribution in [-0.2, 0) is 68.9 Å². The lowest BCUT2D eigenvalue weighted by Crippen LogP contribution is -2.46. The zero-order valence-corrected chi connectivity index (χ0v) is 55.2. The normalized spacial score (nSPS) is 19.7. The first-order valence-electron chi connectivity index (χ1n) is 33.4. The van der Waals surface area contributed by atoms with Gasteiger partial charge in [0.1, 0.15) is 28.8 Å². The molecule has 9 aliphatic rings. The number of benzene rings is 5. The van der Waals surface area contributed by atoms with Gasteiger partial charge in [-0.15, -0.1) is 23.1 Å². The van der Waals surface area contributed by atoms with Gasteiger partial charge in [0.15, 0.2) is 11.5 Å². The lowest BCUT2D eigenvalue weighted by molar-refractivity contribution is -0.127. The van der Waals surface area contributed by atoms with E-state index in [1.54, 1.807) is 30.0 Å². The van der Waals surface area contributed by atoms with Crippen LogP contribution in [0, 0.1) is 0 Å². The molecule has 10 heterocycles. The van der Waals surface area contributed by atoms with Crippen molar-refractivity contribution < 1.29 is 52.1 Å². The molecule has 5 aromatic carbocycles. The summed E-state index contributed by atoms with van der Waals surface area (Å²) < 4.78 is 35.5. The van der Waals surface area contributed by atoms with Crippen molar-refractivity contribution in [3.05, 3.63) is 205 Å². The topological polar surface area (TPSA) is 236 Å². The molecular formula is C75H81N7O11S2. The molecule has 4 fully saturated rings. The number of amides is 3. The van der Waals surface area contributed by atoms with Crippen molar-refractivity contribution in [1.29, 1.82) is 0 Å². The Morgan fingerprint density at radius 3 is 1.62 bits per heavy atom. The molecule has 20 heteroatoms. The number of rotatable bonds is 11. The fraction of sp³-hybridized carbons (Fsp3) is 0.400. The van der Waals surface area contributed by atoms with E-state index in [-0.39, 0.29) is 39.7 Å². The molecule has 16 rings (SSSR count). The Balaban J connectivity index is 0.000000124. The molecular weight excluding hydrogens is 1240 g/mol. The van der Waals surface area contributed by atoms with Crippen molar-refractivity contribution in [2.45, 2.75) is 110 Å². The zero-order valence-electron chi connectivity index (χ0n) is 53.5. The van der Waals surface area contributed by atoms with Crippen molar-refractivity contribution in [2.75, 3.05) is 85.4 Å². The number of hydrogen-bond donors (Lipinski definition) is 3. The van der Waals surface area contributed by atoms with E-state index in [0.717, 1.165) is 150 Å². The summed E-state index contributed by atoms with van der Waals surface area (Å²) >= 11 is 3.22. The van der Waals surface area contributed by atoms with Gasteiger partial charge in [0, 0.05) is 134 Å². The molecule has 0 saturated carbocycles. The number of ether oxygens (including phenoxy) is 5. The number of carbonyl (C=O) groups excluding carboxylic acids is 5. The van der Waals surface area contributed by atoms with Crippen molar-refractivity contribution in [1.82, 2.24) is 19.6 Å². The van der Waals surface area contributed by atoms with E-state index in [1.807, 2.05) is 87.5 Å². The maximum Gasteiger partial charge on any atom is 0.344 e. The Labute approximate surface area is 562 Å². The molecule has 95 heavy (non-hydrogen) atoms. The number of carbonyl (C=O) groups is 5. The molecule has 1 aliphatic carbocycles. The standard InChI is InChI=1S/C29H30N2O3S2.C23H29N3O4.C23H22N2O4/c30-16-20-9-10-24-22(15-20)29(18-34-24)11-13-31(14-12-29)27(33)26-21-7-4-8-23(32)25(21)28(36-26)35-17-19-5-2-1-3-6-19;24-14-17-1-3-20-19(13-17)23(16-29-20)5-7-26(8-6-23)22(27)21-4-2-18(30-21)15-25-9-11-28-12-10-25;24-13-15-5-6-19-18(11-15)23(14-28-19)7-9-25(10-8-23)21(26)12-20-16-3-1-2-4-17(16)22(27)29-20/h1-3,5-6,9-10,15H,4,7-8,11-14,16-18,30H2;1-4,13H,5-12,14-16,24H2;1-6,11-12H,7-10,13-14,24H2/b;;20-12-. The molecule has 18 nitrogen and oxygen atoms in total. The van der Waals surface area contributed by atoms with Crippen LogP contribution in [0.25, 0.3) is 5.76 Å². The second-order valence-electron chi connectivity index (χ2n) is 26.4. The number of cyclic esters (lactones) is 1. The van der Waals surface area contributed by atoms with Crippen molar-refractivity contribution in [2.24, 2.45) is 17.2 Å². The minimum Gasteiger partial charge on any atom is -0.492 e. The first-order chi connectivity index (χ1) is 46.3. The molecule has 0 atom stereocenters. The SMILES string of the molecule is NCc1ccc2c(c1)C1(CCN(C(=O)/C=C3\OC(=O)c4ccccc43)CC1)CO2.NCc1ccc2c(c1)C1(CCN(C(=O)c3ccc(CN4CCOCC4)o3)CC1)CO2.NCc1ccc2c(c1)C1(CCN(C(=O)c3sc(SCc4ccccc4)c4c3CCCC4=O)CC1)CO2. The number of likely N-dealkylation sites (tertiary alicyclic amines) is 3. The van der Waals surface area contributed by atoms with E-state index in [1.165, 1.54) is 39.7 Å². The molecule has 0 radical (unpaired) electrons. The van der Waals surface area contributed by atoms with Crippen LogP contribution >= 0.6 is 23.1 Å². The van der Waals surface area contributed by atoms with Gasteiger partial charge in [0.25, 0.3) is 11.8 Å². The van der Waals surface area contributed by atoms with Gasteiger partial charge in [0.05, 0.1) is 54.2 Å². The summed E-state index contributed by atoms with van der Waals surface area (Å²) in [5.41, 5.74) is 28.7. The summed E-state index contributed by atoms with van der Waals surface area (Å²) in [5, 5.41) is 0. The first kappa shape index (κ1) is 64.3. The lowest BCUT2D eigenvalue weighted by atomic mass is 9.74. The van der Waals surface area contributed by atoms with Crippen molar-refractivity contribution >= 4 is 58.3 Å². The maximum atomic E-state index is 13.8. The minimum atomic E-state index is -0.410. The molecule has 2 aromatic heterocycles. The van der Waals surface area contributed by atoms with E-state index < -0.39 is 5.97 Å². The highest BCUT2D eigenvalue weighted by atomic mass is 32.2. The van der Waals surface area contributed by atoms with Crippen molar-refractivity contribution in [3.8, 4) is 17.2 Å². The number of thioether (sulfide) groups is 1. The number of nitrogens with zero attached hydrogens (tertiary/aromatic N) is 4. The van der Waals surface area contributed by atoms with Crippen LogP contribution in [0.5, 0.6) is 17.2 Å².